The van der Waals surface area contributed by atoms with Crippen molar-refractivity contribution in [2.24, 2.45) is 0 Å². The fourth-order valence-electron chi connectivity index (χ4n) is 7.49. The summed E-state index contributed by atoms with van der Waals surface area (Å²) >= 11 is 0. The molecule has 13 heteroatoms. The number of anilines is 4. The molecule has 55 heavy (non-hydrogen) atoms. The lowest BCUT2D eigenvalue weighted by molar-refractivity contribution is -0.137. The van der Waals surface area contributed by atoms with Crippen LogP contribution in [0.5, 0.6) is 0 Å². The zero-order valence-corrected chi connectivity index (χ0v) is 32.0. The molecule has 2 aromatic heterocycles. The minimum atomic E-state index is -4.55. The maximum absolute atomic E-state index is 13.9. The van der Waals surface area contributed by atoms with Gasteiger partial charge in [0, 0.05) is 74.7 Å². The summed E-state index contributed by atoms with van der Waals surface area (Å²) in [6, 6.07) is 17.8. The van der Waals surface area contributed by atoms with E-state index in [1.54, 1.807) is 24.4 Å². The fourth-order valence-corrected chi connectivity index (χ4v) is 7.49. The van der Waals surface area contributed by atoms with E-state index in [1.807, 2.05) is 57.4 Å². The fraction of sp³-hybridized carbons (Fsp3) is 0.381. The lowest BCUT2D eigenvalue weighted by atomic mass is 9.95. The quantitative estimate of drug-likeness (QED) is 0.158. The van der Waals surface area contributed by atoms with Gasteiger partial charge in [0.05, 0.1) is 23.0 Å². The highest BCUT2D eigenvalue weighted by Gasteiger charge is 2.32. The molecule has 3 aromatic carbocycles. The predicted octanol–water partition coefficient (Wildman–Crippen LogP) is 7.60. The molecule has 2 saturated heterocycles. The second-order valence-corrected chi connectivity index (χ2v) is 15.1. The molecule has 7 rings (SSSR count). The van der Waals surface area contributed by atoms with Crippen molar-refractivity contribution < 1.29 is 18.0 Å². The number of pyridine rings is 1. The van der Waals surface area contributed by atoms with Gasteiger partial charge in [0.25, 0.3) is 5.91 Å². The minimum absolute atomic E-state index is 0.112. The number of likely N-dealkylation sites (N-methyl/N-ethyl adjacent to an activating group) is 1. The van der Waals surface area contributed by atoms with Crippen molar-refractivity contribution in [2.45, 2.75) is 45.5 Å². The second-order valence-electron chi connectivity index (χ2n) is 15.1. The third-order valence-electron chi connectivity index (χ3n) is 10.8. The van der Waals surface area contributed by atoms with E-state index in [2.05, 4.69) is 49.3 Å². The van der Waals surface area contributed by atoms with Crippen LogP contribution in [0.4, 0.5) is 36.3 Å². The standard InChI is InChI=1S/C42H48F3N9O/c1-27-6-7-30(40(55)48-35-20-29(19-33(23-35)42(43,44)45)26-53-16-14-52(5)15-17-53)22-37(27)31-18-28(2)39-32(21-31)24-47-41(50-39)49-34-8-9-38(46-25-34)54-12-10-36(11-13-54)51(3)4/h6-9,18-25,36H,10-17,26H2,1-5H3,(H,48,55)(H,47,49,50). The molecule has 0 spiro atoms. The molecule has 2 aliphatic heterocycles. The second kappa shape index (κ2) is 15.9. The number of hydrogen-bond donors (Lipinski definition) is 2. The van der Waals surface area contributed by atoms with Gasteiger partial charge in [0.1, 0.15) is 5.82 Å². The first-order valence-electron chi connectivity index (χ1n) is 18.8. The van der Waals surface area contributed by atoms with Crippen molar-refractivity contribution in [3.63, 3.8) is 0 Å². The molecular formula is C42H48F3N9O. The Balaban J connectivity index is 1.06. The summed E-state index contributed by atoms with van der Waals surface area (Å²) in [5.74, 6) is 0.934. The van der Waals surface area contributed by atoms with Gasteiger partial charge in [-0.3, -0.25) is 9.69 Å². The summed E-state index contributed by atoms with van der Waals surface area (Å²) in [6.07, 6.45) is 1.27. The predicted molar refractivity (Wildman–Crippen MR) is 213 cm³/mol. The van der Waals surface area contributed by atoms with E-state index >= 15 is 0 Å². The van der Waals surface area contributed by atoms with Crippen LogP contribution in [0.3, 0.4) is 0 Å². The first-order chi connectivity index (χ1) is 26.3. The topological polar surface area (TPSA) is 92.8 Å². The van der Waals surface area contributed by atoms with Crippen LogP contribution in [0.1, 0.15) is 45.5 Å². The number of piperazine rings is 1. The number of nitrogens with zero attached hydrogens (tertiary/aromatic N) is 7. The van der Waals surface area contributed by atoms with Crippen LogP contribution in [-0.2, 0) is 12.7 Å². The molecule has 0 unspecified atom stereocenters. The SMILES string of the molecule is Cc1ccc(C(=O)Nc2cc(CN3CCN(C)CC3)cc(C(F)(F)F)c2)cc1-c1cc(C)c2nc(Nc3ccc(N4CCC(N(C)C)CC4)nc3)ncc2c1. The number of fused-ring (bicyclic) bond motifs is 1. The Kier molecular flexibility index (Phi) is 11.1. The van der Waals surface area contributed by atoms with E-state index in [0.717, 1.165) is 103 Å². The number of rotatable bonds is 9. The zero-order chi connectivity index (χ0) is 38.9. The number of carbonyl (C=O) groups is 1. The van der Waals surface area contributed by atoms with E-state index < -0.39 is 17.6 Å². The number of halogens is 3. The maximum atomic E-state index is 13.9. The molecule has 0 bridgehead atoms. The smallest absolute Gasteiger partial charge is 0.357 e. The number of alkyl halides is 3. The molecule has 0 aliphatic carbocycles. The highest BCUT2D eigenvalue weighted by atomic mass is 19.4. The maximum Gasteiger partial charge on any atom is 0.416 e. The Hall–Kier alpha value is -5.11. The molecule has 4 heterocycles. The Morgan fingerprint density at radius 2 is 1.62 bits per heavy atom. The molecular weight excluding hydrogens is 704 g/mol. The van der Waals surface area contributed by atoms with Crippen molar-refractivity contribution in [3.8, 4) is 11.1 Å². The van der Waals surface area contributed by atoms with Crippen molar-refractivity contribution in [2.75, 3.05) is 75.9 Å². The van der Waals surface area contributed by atoms with Gasteiger partial charge < -0.3 is 25.3 Å². The number of nitrogens with one attached hydrogen (secondary N) is 2. The molecule has 0 atom stereocenters. The van der Waals surface area contributed by atoms with Crippen LogP contribution in [0.15, 0.2) is 73.1 Å². The number of carbonyl (C=O) groups excluding carboxylic acids is 1. The molecule has 0 radical (unpaired) electrons. The average molecular weight is 752 g/mol. The first kappa shape index (κ1) is 38.2. The third-order valence-corrected chi connectivity index (χ3v) is 10.8. The number of hydrogen-bond acceptors (Lipinski definition) is 9. The van der Waals surface area contributed by atoms with Crippen molar-refractivity contribution in [1.82, 2.24) is 29.7 Å². The largest absolute Gasteiger partial charge is 0.416 e. The van der Waals surface area contributed by atoms with E-state index in [0.29, 0.717) is 29.7 Å². The molecule has 2 fully saturated rings. The first-order valence-corrected chi connectivity index (χ1v) is 18.8. The normalized spacial score (nSPS) is 16.2. The van der Waals surface area contributed by atoms with Crippen LogP contribution in [0, 0.1) is 13.8 Å². The Morgan fingerprint density at radius 1 is 0.855 bits per heavy atom. The van der Waals surface area contributed by atoms with Gasteiger partial charge in [-0.15, -0.1) is 0 Å². The molecule has 2 N–H and O–H groups in total. The van der Waals surface area contributed by atoms with Gasteiger partial charge >= 0.3 is 6.18 Å². The zero-order valence-electron chi connectivity index (χ0n) is 32.0. The summed E-state index contributed by atoms with van der Waals surface area (Å²) in [5.41, 5.74) is 5.34. The van der Waals surface area contributed by atoms with E-state index in [1.165, 1.54) is 6.07 Å². The molecule has 5 aromatic rings. The van der Waals surface area contributed by atoms with Crippen molar-refractivity contribution in [3.05, 3.63) is 101 Å². The molecule has 1 amide bonds. The van der Waals surface area contributed by atoms with E-state index in [4.69, 9.17) is 9.97 Å². The van der Waals surface area contributed by atoms with Gasteiger partial charge in [-0.2, -0.15) is 13.2 Å². The van der Waals surface area contributed by atoms with Gasteiger partial charge in [0.2, 0.25) is 5.95 Å². The average Bonchev–Trinajstić information content (AvgIpc) is 3.16. The molecule has 288 valence electrons. The van der Waals surface area contributed by atoms with Crippen molar-refractivity contribution >= 4 is 40.0 Å². The highest BCUT2D eigenvalue weighted by Crippen LogP contribution is 2.34. The van der Waals surface area contributed by atoms with Gasteiger partial charge in [-0.05, 0) is 130 Å². The monoisotopic (exact) mass is 751 g/mol. The van der Waals surface area contributed by atoms with Crippen LogP contribution in [-0.4, -0.2) is 102 Å². The number of piperidine rings is 1. The highest BCUT2D eigenvalue weighted by molar-refractivity contribution is 6.05. The van der Waals surface area contributed by atoms with Crippen LogP contribution in [0.2, 0.25) is 0 Å². The van der Waals surface area contributed by atoms with Gasteiger partial charge in [-0.1, -0.05) is 6.07 Å². The number of aryl methyl sites for hydroxylation is 2. The lowest BCUT2D eigenvalue weighted by Gasteiger charge is -2.35. The third kappa shape index (κ3) is 9.07. The molecule has 10 nitrogen and oxygen atoms in total. The summed E-state index contributed by atoms with van der Waals surface area (Å²) in [4.78, 5) is 36.6. The summed E-state index contributed by atoms with van der Waals surface area (Å²) < 4.78 is 41.8. The summed E-state index contributed by atoms with van der Waals surface area (Å²) in [5, 5.41) is 6.87. The Morgan fingerprint density at radius 3 is 2.31 bits per heavy atom. The Labute approximate surface area is 320 Å². The number of benzene rings is 3. The van der Waals surface area contributed by atoms with E-state index in [9.17, 15) is 18.0 Å². The van der Waals surface area contributed by atoms with E-state index in [-0.39, 0.29) is 5.69 Å². The Bertz CT molecular complexity index is 2160. The van der Waals surface area contributed by atoms with Crippen LogP contribution < -0.4 is 15.5 Å². The lowest BCUT2D eigenvalue weighted by Crippen LogP contribution is -2.43. The molecule has 2 aliphatic rings. The van der Waals surface area contributed by atoms with Crippen molar-refractivity contribution in [1.29, 1.82) is 0 Å². The number of aromatic nitrogens is 3. The molecule has 0 saturated carbocycles. The summed E-state index contributed by atoms with van der Waals surface area (Å²) in [6.45, 7) is 9.51. The number of amides is 1. The minimum Gasteiger partial charge on any atom is -0.357 e. The van der Waals surface area contributed by atoms with Gasteiger partial charge in [0.15, 0.2) is 0 Å². The summed E-state index contributed by atoms with van der Waals surface area (Å²) in [7, 11) is 6.31. The van der Waals surface area contributed by atoms with Crippen LogP contribution in [0.25, 0.3) is 22.0 Å². The van der Waals surface area contributed by atoms with Crippen LogP contribution >= 0.6 is 0 Å². The van der Waals surface area contributed by atoms with Gasteiger partial charge in [-0.25, -0.2) is 15.0 Å².